The van der Waals surface area contributed by atoms with Gasteiger partial charge in [0.2, 0.25) is 10.0 Å². The van der Waals surface area contributed by atoms with Crippen molar-refractivity contribution in [3.8, 4) is 0 Å². The van der Waals surface area contributed by atoms with Gasteiger partial charge in [0, 0.05) is 25.4 Å². The van der Waals surface area contributed by atoms with Gasteiger partial charge in [0.25, 0.3) is 0 Å². The standard InChI is InChI=1S/C13H17NO3S/c1-18(16,17)14-8-7-13(15)10-12(14)9-11-5-3-2-4-6-11/h2-6,12H,7-10H2,1H3. The molecule has 0 saturated carbocycles. The molecule has 0 spiro atoms. The molecular formula is C13H17NO3S. The Labute approximate surface area is 108 Å². The van der Waals surface area contributed by atoms with Crippen molar-refractivity contribution in [1.82, 2.24) is 4.31 Å². The van der Waals surface area contributed by atoms with E-state index in [2.05, 4.69) is 0 Å². The lowest BCUT2D eigenvalue weighted by Crippen LogP contribution is -2.46. The lowest BCUT2D eigenvalue weighted by molar-refractivity contribution is -0.121. The quantitative estimate of drug-likeness (QED) is 0.827. The van der Waals surface area contributed by atoms with Crippen molar-refractivity contribution in [1.29, 1.82) is 0 Å². The van der Waals surface area contributed by atoms with Crippen molar-refractivity contribution < 1.29 is 13.2 Å². The Bertz CT molecular complexity index is 524. The van der Waals surface area contributed by atoms with E-state index in [0.717, 1.165) is 5.56 Å². The number of benzene rings is 1. The normalized spacial score (nSPS) is 22.1. The summed E-state index contributed by atoms with van der Waals surface area (Å²) in [6.45, 7) is 0.315. The van der Waals surface area contributed by atoms with E-state index in [4.69, 9.17) is 0 Å². The molecule has 18 heavy (non-hydrogen) atoms. The molecule has 1 aliphatic heterocycles. The second-order valence-corrected chi connectivity index (χ2v) is 6.65. The Morgan fingerprint density at radius 2 is 1.94 bits per heavy atom. The predicted molar refractivity (Wildman–Crippen MR) is 69.7 cm³/mol. The summed E-state index contributed by atoms with van der Waals surface area (Å²) in [6, 6.07) is 9.45. The summed E-state index contributed by atoms with van der Waals surface area (Å²) in [7, 11) is -3.24. The topological polar surface area (TPSA) is 54.5 Å². The average Bonchev–Trinajstić information content (AvgIpc) is 2.28. The number of rotatable bonds is 3. The zero-order chi connectivity index (χ0) is 13.2. The molecule has 0 amide bonds. The van der Waals surface area contributed by atoms with Crippen LogP contribution in [0.5, 0.6) is 0 Å². The van der Waals surface area contributed by atoms with Crippen molar-refractivity contribution in [3.63, 3.8) is 0 Å². The molecule has 1 aliphatic rings. The summed E-state index contributed by atoms with van der Waals surface area (Å²) < 4.78 is 24.9. The number of carbonyl (C=O) groups is 1. The van der Waals surface area contributed by atoms with Crippen molar-refractivity contribution in [3.05, 3.63) is 35.9 Å². The zero-order valence-electron chi connectivity index (χ0n) is 10.4. The van der Waals surface area contributed by atoms with E-state index in [9.17, 15) is 13.2 Å². The van der Waals surface area contributed by atoms with Crippen molar-refractivity contribution >= 4 is 15.8 Å². The zero-order valence-corrected chi connectivity index (χ0v) is 11.2. The van der Waals surface area contributed by atoms with Crippen molar-refractivity contribution in [2.24, 2.45) is 0 Å². The van der Waals surface area contributed by atoms with Gasteiger partial charge in [0.05, 0.1) is 6.26 Å². The van der Waals surface area contributed by atoms with Crippen molar-refractivity contribution in [2.75, 3.05) is 12.8 Å². The molecule has 0 aliphatic carbocycles. The molecule has 2 rings (SSSR count). The molecule has 4 nitrogen and oxygen atoms in total. The molecule has 98 valence electrons. The molecule has 1 heterocycles. The van der Waals surface area contributed by atoms with Crippen LogP contribution in [0.15, 0.2) is 30.3 Å². The van der Waals surface area contributed by atoms with E-state index in [0.29, 0.717) is 25.8 Å². The Hall–Kier alpha value is -1.20. The molecule has 1 unspecified atom stereocenters. The first-order chi connectivity index (χ1) is 8.47. The highest BCUT2D eigenvalue weighted by molar-refractivity contribution is 7.88. The molecular weight excluding hydrogens is 250 g/mol. The van der Waals surface area contributed by atoms with Gasteiger partial charge in [-0.25, -0.2) is 8.42 Å². The lowest BCUT2D eigenvalue weighted by atomic mass is 9.97. The molecule has 0 N–H and O–H groups in total. The second kappa shape index (κ2) is 5.20. The number of piperidine rings is 1. The summed E-state index contributed by atoms with van der Waals surface area (Å²) in [6.07, 6.45) is 2.46. The van der Waals surface area contributed by atoms with E-state index >= 15 is 0 Å². The largest absolute Gasteiger partial charge is 0.300 e. The molecule has 0 bridgehead atoms. The van der Waals surface area contributed by atoms with Crippen LogP contribution in [-0.4, -0.2) is 37.3 Å². The van der Waals surface area contributed by atoms with E-state index in [1.165, 1.54) is 10.6 Å². The number of hydrogen-bond donors (Lipinski definition) is 0. The van der Waals surface area contributed by atoms with Gasteiger partial charge in [0.1, 0.15) is 5.78 Å². The summed E-state index contributed by atoms with van der Waals surface area (Å²) in [4.78, 5) is 11.5. The number of ketones is 1. The number of Topliss-reactive ketones (excluding diaryl/α,β-unsaturated/α-hetero) is 1. The van der Waals surface area contributed by atoms with Gasteiger partial charge in [-0.15, -0.1) is 0 Å². The first-order valence-electron chi connectivity index (χ1n) is 5.99. The van der Waals surface area contributed by atoms with E-state index in [-0.39, 0.29) is 11.8 Å². The minimum atomic E-state index is -3.24. The average molecular weight is 267 g/mol. The Morgan fingerprint density at radius 3 is 2.56 bits per heavy atom. The minimum Gasteiger partial charge on any atom is -0.300 e. The molecule has 1 atom stereocenters. The number of nitrogens with zero attached hydrogens (tertiary/aromatic N) is 1. The monoisotopic (exact) mass is 267 g/mol. The van der Waals surface area contributed by atoms with Gasteiger partial charge in [-0.3, -0.25) is 4.79 Å². The first kappa shape index (κ1) is 13.2. The van der Waals surface area contributed by atoms with E-state index in [1.807, 2.05) is 30.3 Å². The van der Waals surface area contributed by atoms with Gasteiger partial charge in [0.15, 0.2) is 0 Å². The molecule has 0 aromatic heterocycles. The fourth-order valence-electron chi connectivity index (χ4n) is 2.38. The van der Waals surface area contributed by atoms with Crippen LogP contribution >= 0.6 is 0 Å². The molecule has 5 heteroatoms. The van der Waals surface area contributed by atoms with Crippen LogP contribution in [0, 0.1) is 0 Å². The molecule has 0 radical (unpaired) electrons. The Kier molecular flexibility index (Phi) is 3.82. The highest BCUT2D eigenvalue weighted by atomic mass is 32.2. The van der Waals surface area contributed by atoms with Crippen LogP contribution in [-0.2, 0) is 21.2 Å². The molecule has 1 aromatic carbocycles. The molecule has 1 aromatic rings. The minimum absolute atomic E-state index is 0.149. The fraction of sp³-hybridized carbons (Fsp3) is 0.462. The van der Waals surface area contributed by atoms with Crippen molar-refractivity contribution in [2.45, 2.75) is 25.3 Å². The SMILES string of the molecule is CS(=O)(=O)N1CCC(=O)CC1Cc1ccccc1. The molecule has 1 fully saturated rings. The smallest absolute Gasteiger partial charge is 0.211 e. The van der Waals surface area contributed by atoms with Crippen LogP contribution < -0.4 is 0 Å². The van der Waals surface area contributed by atoms with Crippen LogP contribution in [0.1, 0.15) is 18.4 Å². The van der Waals surface area contributed by atoms with Crippen LogP contribution in [0.4, 0.5) is 0 Å². The number of sulfonamides is 1. The Balaban J connectivity index is 2.19. The lowest BCUT2D eigenvalue weighted by Gasteiger charge is -2.33. The summed E-state index contributed by atoms with van der Waals surface area (Å²) in [5, 5.41) is 0. The van der Waals surface area contributed by atoms with Crippen LogP contribution in [0.25, 0.3) is 0 Å². The van der Waals surface area contributed by atoms with E-state index in [1.54, 1.807) is 0 Å². The highest BCUT2D eigenvalue weighted by Crippen LogP contribution is 2.21. The maximum absolute atomic E-state index is 11.7. The van der Waals surface area contributed by atoms with Gasteiger partial charge in [-0.1, -0.05) is 30.3 Å². The third-order valence-corrected chi connectivity index (χ3v) is 4.55. The van der Waals surface area contributed by atoms with Gasteiger partial charge in [-0.2, -0.15) is 4.31 Å². The fourth-order valence-corrected chi connectivity index (χ4v) is 3.49. The van der Waals surface area contributed by atoms with E-state index < -0.39 is 10.0 Å². The van der Waals surface area contributed by atoms with Crippen LogP contribution in [0.3, 0.4) is 0 Å². The highest BCUT2D eigenvalue weighted by Gasteiger charge is 2.32. The summed E-state index contributed by atoms with van der Waals surface area (Å²) >= 11 is 0. The van der Waals surface area contributed by atoms with Gasteiger partial charge in [-0.05, 0) is 12.0 Å². The first-order valence-corrected chi connectivity index (χ1v) is 7.84. The second-order valence-electron chi connectivity index (χ2n) is 4.71. The van der Waals surface area contributed by atoms with Gasteiger partial charge >= 0.3 is 0 Å². The Morgan fingerprint density at radius 1 is 1.28 bits per heavy atom. The summed E-state index contributed by atoms with van der Waals surface area (Å²) in [5.74, 6) is 0.149. The number of hydrogen-bond acceptors (Lipinski definition) is 3. The predicted octanol–water partition coefficient (Wildman–Crippen LogP) is 1.22. The number of carbonyl (C=O) groups excluding carboxylic acids is 1. The molecule has 1 saturated heterocycles. The maximum atomic E-state index is 11.7. The van der Waals surface area contributed by atoms with Gasteiger partial charge < -0.3 is 0 Å². The third-order valence-electron chi connectivity index (χ3n) is 3.22. The maximum Gasteiger partial charge on any atom is 0.211 e. The summed E-state index contributed by atoms with van der Waals surface area (Å²) in [5.41, 5.74) is 1.06. The third kappa shape index (κ3) is 3.17. The van der Waals surface area contributed by atoms with Crippen LogP contribution in [0.2, 0.25) is 0 Å².